The molecule has 1 aromatic heterocycles. The van der Waals surface area contributed by atoms with Crippen LogP contribution in [0, 0.1) is 12.8 Å². The first kappa shape index (κ1) is 21.0. The summed E-state index contributed by atoms with van der Waals surface area (Å²) in [6.45, 7) is 11.6. The van der Waals surface area contributed by atoms with Gasteiger partial charge < -0.3 is 14.6 Å². The van der Waals surface area contributed by atoms with Crippen LogP contribution in [-0.4, -0.2) is 52.8 Å². The molecule has 1 aliphatic heterocycles. The molecule has 2 heterocycles. The van der Waals surface area contributed by atoms with E-state index in [0.29, 0.717) is 23.9 Å². The Labute approximate surface area is 172 Å². The number of hydrogen-bond donors (Lipinski definition) is 1. The quantitative estimate of drug-likeness (QED) is 0.809. The Morgan fingerprint density at radius 3 is 2.59 bits per heavy atom. The number of carbonyl (C=O) groups is 2. The summed E-state index contributed by atoms with van der Waals surface area (Å²) >= 11 is 0. The van der Waals surface area contributed by atoms with Gasteiger partial charge in [0.25, 0.3) is 5.91 Å². The Bertz CT molecular complexity index is 867. The van der Waals surface area contributed by atoms with Crippen LogP contribution in [0.3, 0.4) is 0 Å². The van der Waals surface area contributed by atoms with E-state index >= 15 is 0 Å². The third kappa shape index (κ3) is 5.67. The van der Waals surface area contributed by atoms with Gasteiger partial charge in [-0.1, -0.05) is 26.0 Å². The highest BCUT2D eigenvalue weighted by Gasteiger charge is 2.20. The highest BCUT2D eigenvalue weighted by molar-refractivity contribution is 6.02. The van der Waals surface area contributed by atoms with Crippen LogP contribution in [0.4, 0.5) is 5.69 Å². The van der Waals surface area contributed by atoms with Crippen molar-refractivity contribution in [1.29, 1.82) is 0 Å². The van der Waals surface area contributed by atoms with Crippen molar-refractivity contribution in [3.63, 3.8) is 0 Å². The van der Waals surface area contributed by atoms with E-state index in [4.69, 9.17) is 4.42 Å². The molecule has 0 spiro atoms. The van der Waals surface area contributed by atoms with Crippen LogP contribution < -0.4 is 5.32 Å². The molecule has 0 radical (unpaired) electrons. The molecule has 2 amide bonds. The van der Waals surface area contributed by atoms with Gasteiger partial charge in [-0.05, 0) is 30.5 Å². The lowest BCUT2D eigenvalue weighted by molar-refractivity contribution is -0.130. The fourth-order valence-electron chi connectivity index (χ4n) is 3.51. The second-order valence-corrected chi connectivity index (χ2v) is 8.06. The molecule has 29 heavy (non-hydrogen) atoms. The number of hydrogen-bond acceptors (Lipinski definition) is 5. The monoisotopic (exact) mass is 398 g/mol. The van der Waals surface area contributed by atoms with Gasteiger partial charge in [-0.3, -0.25) is 14.5 Å². The van der Waals surface area contributed by atoms with Crippen LogP contribution in [0.1, 0.15) is 48.5 Å². The number of benzene rings is 1. The Morgan fingerprint density at radius 1 is 1.21 bits per heavy atom. The minimum Gasteiger partial charge on any atom is -0.435 e. The number of nitrogens with zero attached hydrogens (tertiary/aromatic N) is 3. The number of aromatic nitrogens is 1. The SMILES string of the molecule is CC(=O)N1CCN(Cc2cccc(NC(=O)c3oc(CC(C)C)nc3C)c2)CC1. The largest absolute Gasteiger partial charge is 0.435 e. The summed E-state index contributed by atoms with van der Waals surface area (Å²) in [6.07, 6.45) is 0.709. The maximum absolute atomic E-state index is 12.6. The van der Waals surface area contributed by atoms with E-state index in [0.717, 1.165) is 44.0 Å². The van der Waals surface area contributed by atoms with E-state index in [1.807, 2.05) is 29.2 Å². The average Bonchev–Trinajstić information content (AvgIpc) is 3.02. The smallest absolute Gasteiger partial charge is 0.293 e. The lowest BCUT2D eigenvalue weighted by Gasteiger charge is -2.34. The van der Waals surface area contributed by atoms with E-state index in [1.165, 1.54) is 0 Å². The molecule has 7 nitrogen and oxygen atoms in total. The van der Waals surface area contributed by atoms with E-state index in [1.54, 1.807) is 13.8 Å². The molecular formula is C22H30N4O3. The van der Waals surface area contributed by atoms with E-state index < -0.39 is 0 Å². The third-order valence-electron chi connectivity index (χ3n) is 5.04. The first-order valence-electron chi connectivity index (χ1n) is 10.2. The lowest BCUT2D eigenvalue weighted by atomic mass is 10.1. The molecule has 0 bridgehead atoms. The maximum Gasteiger partial charge on any atom is 0.293 e. The van der Waals surface area contributed by atoms with Crippen molar-refractivity contribution in [2.45, 2.75) is 40.7 Å². The Morgan fingerprint density at radius 2 is 1.93 bits per heavy atom. The van der Waals surface area contributed by atoms with Gasteiger partial charge in [0.1, 0.15) is 0 Å². The van der Waals surface area contributed by atoms with Crippen molar-refractivity contribution < 1.29 is 14.0 Å². The summed E-state index contributed by atoms with van der Waals surface area (Å²) in [6, 6.07) is 7.84. The van der Waals surface area contributed by atoms with Crippen LogP contribution in [-0.2, 0) is 17.8 Å². The number of anilines is 1. The average molecular weight is 399 g/mol. The van der Waals surface area contributed by atoms with Crippen LogP contribution in [0.25, 0.3) is 0 Å². The van der Waals surface area contributed by atoms with Crippen molar-refractivity contribution >= 4 is 17.5 Å². The molecule has 1 aliphatic rings. The number of nitrogens with one attached hydrogen (secondary N) is 1. The van der Waals surface area contributed by atoms with Gasteiger partial charge in [0.2, 0.25) is 11.7 Å². The van der Waals surface area contributed by atoms with Crippen LogP contribution in [0.2, 0.25) is 0 Å². The number of oxazole rings is 1. The van der Waals surface area contributed by atoms with Gasteiger partial charge in [0.15, 0.2) is 5.89 Å². The van der Waals surface area contributed by atoms with Crippen molar-refractivity contribution in [2.75, 3.05) is 31.5 Å². The van der Waals surface area contributed by atoms with E-state index in [2.05, 4.69) is 29.0 Å². The summed E-state index contributed by atoms with van der Waals surface area (Å²) < 4.78 is 5.68. The molecule has 0 saturated carbocycles. The molecule has 156 valence electrons. The molecule has 1 N–H and O–H groups in total. The van der Waals surface area contributed by atoms with Crippen molar-refractivity contribution in [1.82, 2.24) is 14.8 Å². The molecule has 7 heteroatoms. The Kier molecular flexibility index (Phi) is 6.69. The van der Waals surface area contributed by atoms with Gasteiger partial charge in [-0.25, -0.2) is 4.98 Å². The summed E-state index contributed by atoms with van der Waals surface area (Å²) in [5.74, 6) is 1.14. The zero-order valence-electron chi connectivity index (χ0n) is 17.7. The molecule has 1 fully saturated rings. The lowest BCUT2D eigenvalue weighted by Crippen LogP contribution is -2.47. The highest BCUT2D eigenvalue weighted by Crippen LogP contribution is 2.18. The summed E-state index contributed by atoms with van der Waals surface area (Å²) in [5, 5.41) is 2.92. The fraction of sp³-hybridized carbons (Fsp3) is 0.500. The zero-order chi connectivity index (χ0) is 21.0. The summed E-state index contributed by atoms with van der Waals surface area (Å²) in [4.78, 5) is 32.7. The van der Waals surface area contributed by atoms with Crippen molar-refractivity contribution in [3.05, 3.63) is 47.2 Å². The number of amides is 2. The second kappa shape index (κ2) is 9.22. The molecule has 0 unspecified atom stereocenters. The number of aryl methyl sites for hydroxylation is 1. The predicted molar refractivity (Wildman–Crippen MR) is 112 cm³/mol. The molecule has 1 aromatic carbocycles. The number of rotatable bonds is 6. The molecule has 1 saturated heterocycles. The summed E-state index contributed by atoms with van der Waals surface area (Å²) in [7, 11) is 0. The second-order valence-electron chi connectivity index (χ2n) is 8.06. The standard InChI is InChI=1S/C22H30N4O3/c1-15(2)12-20-23-16(3)21(29-20)22(28)24-19-7-5-6-18(13-19)14-25-8-10-26(11-9-25)17(4)27/h5-7,13,15H,8-12,14H2,1-4H3,(H,24,28). The van der Waals surface area contributed by atoms with E-state index in [9.17, 15) is 9.59 Å². The topological polar surface area (TPSA) is 78.7 Å². The molecular weight excluding hydrogens is 368 g/mol. The predicted octanol–water partition coefficient (Wildman–Crippen LogP) is 3.10. The summed E-state index contributed by atoms with van der Waals surface area (Å²) in [5.41, 5.74) is 2.46. The van der Waals surface area contributed by atoms with Crippen LogP contribution in [0.15, 0.2) is 28.7 Å². The number of carbonyl (C=O) groups excluding carboxylic acids is 2. The first-order chi connectivity index (χ1) is 13.8. The van der Waals surface area contributed by atoms with Crippen molar-refractivity contribution in [3.8, 4) is 0 Å². The maximum atomic E-state index is 12.6. The van der Waals surface area contributed by atoms with Gasteiger partial charge in [-0.15, -0.1) is 0 Å². The minimum absolute atomic E-state index is 0.133. The third-order valence-corrected chi connectivity index (χ3v) is 5.04. The molecule has 3 rings (SSSR count). The van der Waals surface area contributed by atoms with Gasteiger partial charge in [0.05, 0.1) is 5.69 Å². The molecule has 0 aliphatic carbocycles. The van der Waals surface area contributed by atoms with Crippen molar-refractivity contribution in [2.24, 2.45) is 5.92 Å². The Hall–Kier alpha value is -2.67. The van der Waals surface area contributed by atoms with Gasteiger partial charge >= 0.3 is 0 Å². The fourth-order valence-corrected chi connectivity index (χ4v) is 3.51. The molecule has 2 aromatic rings. The minimum atomic E-state index is -0.280. The first-order valence-corrected chi connectivity index (χ1v) is 10.2. The van der Waals surface area contributed by atoms with Crippen LogP contribution in [0.5, 0.6) is 0 Å². The normalized spacial score (nSPS) is 15.0. The Balaban J connectivity index is 1.61. The van der Waals surface area contributed by atoms with Gasteiger partial charge in [-0.2, -0.15) is 0 Å². The highest BCUT2D eigenvalue weighted by atomic mass is 16.4. The van der Waals surface area contributed by atoms with Crippen LogP contribution >= 0.6 is 0 Å². The zero-order valence-corrected chi connectivity index (χ0v) is 17.7. The molecule has 0 atom stereocenters. The van der Waals surface area contributed by atoms with Gasteiger partial charge in [0, 0.05) is 51.8 Å². The van der Waals surface area contributed by atoms with E-state index in [-0.39, 0.29) is 17.6 Å². The number of piperazine rings is 1.